The molecule has 0 aliphatic carbocycles. The first-order chi connectivity index (χ1) is 18.7. The smallest absolute Gasteiger partial charge is 0.240 e. The van der Waals surface area contributed by atoms with Crippen molar-refractivity contribution < 1.29 is 23.8 Å². The molecule has 0 saturated carbocycles. The molecule has 3 aromatic rings. The predicted octanol–water partition coefficient (Wildman–Crippen LogP) is 4.14. The third-order valence-corrected chi connectivity index (χ3v) is 7.93. The van der Waals surface area contributed by atoms with E-state index in [9.17, 15) is 9.59 Å². The SMILES string of the molecule is COCCNC(=O)CN1C(=O)CS[C@@H](c2ccc3c(c2)OCO3)c2c(C(C)(C)C)nn(-c3cccc(C)c3)c21. The number of aromatic nitrogens is 2. The van der Waals surface area contributed by atoms with Gasteiger partial charge in [-0.1, -0.05) is 39.0 Å². The minimum Gasteiger partial charge on any atom is -0.454 e. The molecule has 9 nitrogen and oxygen atoms in total. The van der Waals surface area contributed by atoms with Gasteiger partial charge in [0.15, 0.2) is 11.5 Å². The lowest BCUT2D eigenvalue weighted by atomic mass is 9.87. The largest absolute Gasteiger partial charge is 0.454 e. The number of aryl methyl sites for hydroxylation is 1. The molecule has 3 heterocycles. The van der Waals surface area contributed by atoms with Crippen LogP contribution in [0.15, 0.2) is 42.5 Å². The van der Waals surface area contributed by atoms with Crippen molar-refractivity contribution in [2.24, 2.45) is 0 Å². The zero-order valence-corrected chi connectivity index (χ0v) is 23.8. The van der Waals surface area contributed by atoms with Crippen LogP contribution in [0.4, 0.5) is 5.82 Å². The van der Waals surface area contributed by atoms with Crippen molar-refractivity contribution in [1.29, 1.82) is 0 Å². The summed E-state index contributed by atoms with van der Waals surface area (Å²) in [5.74, 6) is 1.80. The maximum absolute atomic E-state index is 13.7. The summed E-state index contributed by atoms with van der Waals surface area (Å²) in [6, 6.07) is 13.9. The molecule has 1 atom stereocenters. The number of amides is 2. The number of anilines is 1. The molecule has 0 saturated heterocycles. The van der Waals surface area contributed by atoms with E-state index in [2.05, 4.69) is 26.1 Å². The molecule has 2 aliphatic heterocycles. The van der Waals surface area contributed by atoms with Gasteiger partial charge in [-0.3, -0.25) is 14.5 Å². The molecule has 1 aromatic heterocycles. The van der Waals surface area contributed by atoms with Gasteiger partial charge < -0.3 is 19.5 Å². The Kier molecular flexibility index (Phi) is 7.59. The molecule has 0 radical (unpaired) electrons. The number of fused-ring (bicyclic) bond motifs is 2. The van der Waals surface area contributed by atoms with Gasteiger partial charge in [0.1, 0.15) is 12.4 Å². The van der Waals surface area contributed by atoms with E-state index in [0.29, 0.717) is 30.5 Å². The van der Waals surface area contributed by atoms with Crippen molar-refractivity contribution in [1.82, 2.24) is 15.1 Å². The predicted molar refractivity (Wildman–Crippen MR) is 151 cm³/mol. The van der Waals surface area contributed by atoms with Crippen LogP contribution in [0.2, 0.25) is 0 Å². The highest BCUT2D eigenvalue weighted by atomic mass is 32.2. The second kappa shape index (κ2) is 10.9. The standard InChI is InChI=1S/C29H34N4O5S/c1-18-7-6-8-20(13-18)33-28-25(27(31-33)29(2,3)4)26(19-9-10-21-22(14-19)38-17-37-21)39-16-24(35)32(28)15-23(34)30-11-12-36-5/h6-10,13-14,26H,11-12,15-17H2,1-5H3,(H,30,34)/t26-/m0/s1. The molecule has 2 aromatic carbocycles. The van der Waals surface area contributed by atoms with Crippen LogP contribution in [0.25, 0.3) is 5.69 Å². The van der Waals surface area contributed by atoms with Crippen LogP contribution in [-0.2, 0) is 19.7 Å². The van der Waals surface area contributed by atoms with Crippen LogP contribution in [0.3, 0.4) is 0 Å². The highest BCUT2D eigenvalue weighted by Crippen LogP contribution is 2.49. The van der Waals surface area contributed by atoms with Crippen molar-refractivity contribution in [3.05, 3.63) is 64.8 Å². The zero-order valence-electron chi connectivity index (χ0n) is 22.9. The number of carbonyl (C=O) groups excluding carboxylic acids is 2. The topological polar surface area (TPSA) is 94.9 Å². The molecule has 206 valence electrons. The van der Waals surface area contributed by atoms with Crippen LogP contribution >= 0.6 is 11.8 Å². The minimum atomic E-state index is -0.339. The number of thioether (sulfide) groups is 1. The van der Waals surface area contributed by atoms with Crippen LogP contribution in [0.1, 0.15) is 48.4 Å². The first kappa shape index (κ1) is 27.1. The number of ether oxygens (including phenoxy) is 3. The van der Waals surface area contributed by atoms with Gasteiger partial charge in [0.25, 0.3) is 0 Å². The van der Waals surface area contributed by atoms with Crippen molar-refractivity contribution in [3.63, 3.8) is 0 Å². The summed E-state index contributed by atoms with van der Waals surface area (Å²) in [6.45, 7) is 9.19. The fourth-order valence-corrected chi connectivity index (χ4v) is 6.03. The molecule has 0 fully saturated rings. The number of methoxy groups -OCH3 is 1. The van der Waals surface area contributed by atoms with E-state index < -0.39 is 0 Å². The molecule has 0 spiro atoms. The number of carbonyl (C=O) groups is 2. The van der Waals surface area contributed by atoms with Gasteiger partial charge in [-0.25, -0.2) is 4.68 Å². The molecule has 10 heteroatoms. The van der Waals surface area contributed by atoms with Crippen molar-refractivity contribution >= 4 is 29.4 Å². The Morgan fingerprint density at radius 1 is 1.18 bits per heavy atom. The average Bonchev–Trinajstić information content (AvgIpc) is 3.49. The average molecular weight is 551 g/mol. The second-order valence-electron chi connectivity index (χ2n) is 10.7. The van der Waals surface area contributed by atoms with Crippen LogP contribution in [0, 0.1) is 6.92 Å². The number of benzene rings is 2. The van der Waals surface area contributed by atoms with Gasteiger partial charge in [-0.15, -0.1) is 11.8 Å². The van der Waals surface area contributed by atoms with E-state index in [4.69, 9.17) is 19.3 Å². The van der Waals surface area contributed by atoms with Gasteiger partial charge in [0, 0.05) is 24.6 Å². The first-order valence-corrected chi connectivity index (χ1v) is 14.0. The Bertz CT molecular complexity index is 1400. The van der Waals surface area contributed by atoms with Crippen LogP contribution in [-0.4, -0.2) is 60.9 Å². The highest BCUT2D eigenvalue weighted by Gasteiger charge is 2.40. The Hall–Kier alpha value is -3.50. The quantitative estimate of drug-likeness (QED) is 0.442. The molecule has 0 bridgehead atoms. The van der Waals surface area contributed by atoms with E-state index in [1.165, 1.54) is 11.8 Å². The van der Waals surface area contributed by atoms with E-state index >= 15 is 0 Å². The Labute approximate surface area is 232 Å². The van der Waals surface area contributed by atoms with Crippen LogP contribution < -0.4 is 19.7 Å². The Morgan fingerprint density at radius 3 is 2.72 bits per heavy atom. The molecule has 2 amide bonds. The lowest BCUT2D eigenvalue weighted by Crippen LogP contribution is -2.43. The second-order valence-corrected chi connectivity index (χ2v) is 11.8. The minimum absolute atomic E-state index is 0.120. The van der Waals surface area contributed by atoms with E-state index in [0.717, 1.165) is 28.1 Å². The summed E-state index contributed by atoms with van der Waals surface area (Å²) >= 11 is 1.54. The molecule has 1 N–H and O–H groups in total. The van der Waals surface area contributed by atoms with E-state index in [-0.39, 0.29) is 41.6 Å². The summed E-state index contributed by atoms with van der Waals surface area (Å²) in [5.41, 5.74) is 4.33. The lowest BCUT2D eigenvalue weighted by molar-refractivity contribution is -0.123. The van der Waals surface area contributed by atoms with Gasteiger partial charge in [0.05, 0.1) is 29.0 Å². The van der Waals surface area contributed by atoms with Gasteiger partial charge in [0.2, 0.25) is 18.6 Å². The van der Waals surface area contributed by atoms with Gasteiger partial charge >= 0.3 is 0 Å². The summed E-state index contributed by atoms with van der Waals surface area (Å²) in [6.07, 6.45) is 0. The summed E-state index contributed by atoms with van der Waals surface area (Å²) in [7, 11) is 1.58. The fourth-order valence-electron chi connectivity index (χ4n) is 4.84. The zero-order chi connectivity index (χ0) is 27.7. The van der Waals surface area contributed by atoms with Gasteiger partial charge in [-0.2, -0.15) is 5.10 Å². The maximum atomic E-state index is 13.7. The normalized spacial score (nSPS) is 16.7. The molecule has 0 unspecified atom stereocenters. The third-order valence-electron chi connectivity index (χ3n) is 6.68. The van der Waals surface area contributed by atoms with Crippen molar-refractivity contribution in [3.8, 4) is 17.2 Å². The van der Waals surface area contributed by atoms with Crippen molar-refractivity contribution in [2.75, 3.05) is 44.3 Å². The monoisotopic (exact) mass is 550 g/mol. The number of rotatable bonds is 7. The first-order valence-electron chi connectivity index (χ1n) is 12.9. The number of nitrogens with zero attached hydrogens (tertiary/aromatic N) is 3. The third kappa shape index (κ3) is 5.49. The number of nitrogens with one attached hydrogen (secondary N) is 1. The Morgan fingerprint density at radius 2 is 1.97 bits per heavy atom. The summed E-state index contributed by atoms with van der Waals surface area (Å²) in [5, 5.41) is 7.77. The summed E-state index contributed by atoms with van der Waals surface area (Å²) < 4.78 is 18.1. The molecular formula is C29H34N4O5S. The number of hydrogen-bond acceptors (Lipinski definition) is 7. The highest BCUT2D eigenvalue weighted by molar-refractivity contribution is 8.00. The molecule has 39 heavy (non-hydrogen) atoms. The lowest BCUT2D eigenvalue weighted by Gasteiger charge is -2.24. The maximum Gasteiger partial charge on any atom is 0.240 e. The van der Waals surface area contributed by atoms with Crippen molar-refractivity contribution in [2.45, 2.75) is 38.4 Å². The van der Waals surface area contributed by atoms with Crippen LogP contribution in [0.5, 0.6) is 11.5 Å². The fraction of sp³-hybridized carbons (Fsp3) is 0.414. The summed E-state index contributed by atoms with van der Waals surface area (Å²) in [4.78, 5) is 28.3. The van der Waals surface area contributed by atoms with E-state index in [1.807, 2.05) is 54.1 Å². The molecular weight excluding hydrogens is 516 g/mol. The molecule has 5 rings (SSSR count). The number of hydrogen-bond donors (Lipinski definition) is 1. The molecule has 2 aliphatic rings. The van der Waals surface area contributed by atoms with E-state index in [1.54, 1.807) is 12.0 Å². The van der Waals surface area contributed by atoms with Gasteiger partial charge in [-0.05, 0) is 42.3 Å². The Balaban J connectivity index is 1.71.